The Hall–Kier alpha value is -1.83. The minimum absolute atomic E-state index is 0.241. The molecule has 3 aliphatic rings. The third-order valence-electron chi connectivity index (χ3n) is 7.17. The van der Waals surface area contributed by atoms with Gasteiger partial charge in [-0.25, -0.2) is 0 Å². The maximum atomic E-state index is 13.4. The average Bonchev–Trinajstić information content (AvgIpc) is 3.44. The van der Waals surface area contributed by atoms with E-state index in [2.05, 4.69) is 43.5 Å². The number of hydrogen-bond donors (Lipinski definition) is 0. The van der Waals surface area contributed by atoms with Crippen molar-refractivity contribution in [3.63, 3.8) is 0 Å². The summed E-state index contributed by atoms with van der Waals surface area (Å²) in [5.74, 6) is 0.929. The molecule has 2 saturated carbocycles. The van der Waals surface area contributed by atoms with Crippen LogP contribution in [0.3, 0.4) is 0 Å². The van der Waals surface area contributed by atoms with Crippen LogP contribution in [-0.4, -0.2) is 16.8 Å². The summed E-state index contributed by atoms with van der Waals surface area (Å²) >= 11 is 0. The Morgan fingerprint density at radius 1 is 1.25 bits per heavy atom. The highest BCUT2D eigenvalue weighted by atomic mass is 16.2. The molecule has 0 radical (unpaired) electrons. The molecule has 2 fully saturated rings. The molecular formula is C26H35NO. The van der Waals surface area contributed by atoms with E-state index in [4.69, 9.17) is 0 Å². The molecule has 2 aliphatic carbocycles. The van der Waals surface area contributed by atoms with Crippen molar-refractivity contribution in [1.82, 2.24) is 4.90 Å². The summed E-state index contributed by atoms with van der Waals surface area (Å²) in [4.78, 5) is 15.5. The monoisotopic (exact) mass is 377 g/mol. The predicted molar refractivity (Wildman–Crippen MR) is 117 cm³/mol. The Balaban J connectivity index is 1.54. The van der Waals surface area contributed by atoms with Gasteiger partial charge in [0, 0.05) is 12.1 Å². The lowest BCUT2D eigenvalue weighted by atomic mass is 9.77. The van der Waals surface area contributed by atoms with Crippen LogP contribution in [0.4, 0.5) is 0 Å². The van der Waals surface area contributed by atoms with E-state index in [9.17, 15) is 4.79 Å². The number of carbonyl (C=O) groups excluding carboxylic acids is 1. The summed E-state index contributed by atoms with van der Waals surface area (Å²) in [5.41, 5.74) is 8.11. The van der Waals surface area contributed by atoms with Crippen molar-refractivity contribution in [3.05, 3.63) is 58.2 Å². The molecule has 0 spiro atoms. The third kappa shape index (κ3) is 3.83. The standard InChI is InChI=1S/C26H35NO/c1-4-5-8-18(2)13-16-25(19(3)20-14-15-20)27-17-24-22(21-9-6-10-21)11-7-12-23(24)26(27)28/h7,11-12,21,25H,2,4-6,8-10,13-17H2,1,3H3/t25-/m0/s1. The van der Waals surface area contributed by atoms with E-state index in [1.165, 1.54) is 67.2 Å². The molecule has 1 aliphatic heterocycles. The molecule has 2 heteroatoms. The topological polar surface area (TPSA) is 20.3 Å². The molecule has 1 atom stereocenters. The first-order valence-corrected chi connectivity index (χ1v) is 11.4. The molecule has 4 rings (SSSR count). The van der Waals surface area contributed by atoms with Crippen LogP contribution < -0.4 is 0 Å². The predicted octanol–water partition coefficient (Wildman–Crippen LogP) is 6.92. The zero-order valence-electron chi connectivity index (χ0n) is 17.7. The first-order chi connectivity index (χ1) is 13.6. The Morgan fingerprint density at radius 3 is 2.68 bits per heavy atom. The van der Waals surface area contributed by atoms with Gasteiger partial charge in [0.1, 0.15) is 0 Å². The van der Waals surface area contributed by atoms with Gasteiger partial charge in [0.05, 0.1) is 6.04 Å². The van der Waals surface area contributed by atoms with E-state index in [0.29, 0.717) is 5.92 Å². The second-order valence-corrected chi connectivity index (χ2v) is 9.13. The molecule has 1 aromatic rings. The van der Waals surface area contributed by atoms with Crippen LogP contribution in [-0.2, 0) is 6.54 Å². The molecule has 0 saturated heterocycles. The summed E-state index contributed by atoms with van der Waals surface area (Å²) in [5, 5.41) is 0. The molecule has 1 aromatic carbocycles. The highest BCUT2D eigenvalue weighted by molar-refractivity contribution is 5.99. The maximum absolute atomic E-state index is 13.4. The molecule has 0 aromatic heterocycles. The number of fused-ring (bicyclic) bond motifs is 1. The van der Waals surface area contributed by atoms with E-state index in [1.54, 1.807) is 5.57 Å². The number of hydrogen-bond acceptors (Lipinski definition) is 1. The van der Waals surface area contributed by atoms with E-state index in [-0.39, 0.29) is 11.9 Å². The van der Waals surface area contributed by atoms with Gasteiger partial charge in [-0.3, -0.25) is 4.79 Å². The summed E-state index contributed by atoms with van der Waals surface area (Å²) in [6.45, 7) is 9.61. The van der Waals surface area contributed by atoms with Crippen LogP contribution in [0.2, 0.25) is 0 Å². The van der Waals surface area contributed by atoms with E-state index in [1.807, 2.05) is 0 Å². The van der Waals surface area contributed by atoms with Gasteiger partial charge in [-0.05, 0) is 81.4 Å². The van der Waals surface area contributed by atoms with Gasteiger partial charge >= 0.3 is 0 Å². The fourth-order valence-corrected chi connectivity index (χ4v) is 4.92. The van der Waals surface area contributed by atoms with Gasteiger partial charge in [0.2, 0.25) is 0 Å². The minimum atomic E-state index is 0.241. The smallest absolute Gasteiger partial charge is 0.255 e. The van der Waals surface area contributed by atoms with Crippen molar-refractivity contribution < 1.29 is 4.79 Å². The van der Waals surface area contributed by atoms with Gasteiger partial charge in [-0.1, -0.05) is 55.2 Å². The van der Waals surface area contributed by atoms with E-state index in [0.717, 1.165) is 31.4 Å². The van der Waals surface area contributed by atoms with Crippen LogP contribution in [0.15, 0.2) is 41.5 Å². The molecule has 0 bridgehead atoms. The van der Waals surface area contributed by atoms with Crippen molar-refractivity contribution in [2.75, 3.05) is 0 Å². The normalized spacial score (nSPS) is 19.4. The van der Waals surface area contributed by atoms with Gasteiger partial charge in [0.25, 0.3) is 5.91 Å². The van der Waals surface area contributed by atoms with Gasteiger partial charge in [-0.15, -0.1) is 0 Å². The molecule has 1 heterocycles. The first kappa shape index (κ1) is 19.5. The summed E-state index contributed by atoms with van der Waals surface area (Å²) in [6, 6.07) is 6.66. The van der Waals surface area contributed by atoms with Crippen molar-refractivity contribution in [3.8, 4) is 0 Å². The van der Waals surface area contributed by atoms with Crippen LogP contribution in [0, 0.1) is 0 Å². The molecule has 2 nitrogen and oxygen atoms in total. The van der Waals surface area contributed by atoms with E-state index >= 15 is 0 Å². The fraction of sp³-hybridized carbons (Fsp3) is 0.577. The zero-order chi connectivity index (χ0) is 19.7. The Labute approximate surface area is 170 Å². The lowest BCUT2D eigenvalue weighted by Gasteiger charge is -2.30. The van der Waals surface area contributed by atoms with Crippen molar-refractivity contribution in [2.45, 2.75) is 96.6 Å². The number of benzene rings is 1. The lowest BCUT2D eigenvalue weighted by molar-refractivity contribution is 0.0721. The Bertz CT molecular complexity index is 793. The molecule has 1 amide bonds. The van der Waals surface area contributed by atoms with E-state index < -0.39 is 0 Å². The Morgan fingerprint density at radius 2 is 2.04 bits per heavy atom. The third-order valence-corrected chi connectivity index (χ3v) is 7.17. The molecule has 28 heavy (non-hydrogen) atoms. The molecule has 150 valence electrons. The highest BCUT2D eigenvalue weighted by Crippen LogP contribution is 2.43. The fourth-order valence-electron chi connectivity index (χ4n) is 4.92. The second-order valence-electron chi connectivity index (χ2n) is 9.13. The minimum Gasteiger partial charge on any atom is -0.328 e. The van der Waals surface area contributed by atoms with Crippen LogP contribution in [0.25, 0.3) is 0 Å². The lowest BCUT2D eigenvalue weighted by Crippen LogP contribution is -2.36. The number of nitrogens with zero attached hydrogens (tertiary/aromatic N) is 1. The number of rotatable bonds is 9. The molecule has 0 unspecified atom stereocenters. The van der Waals surface area contributed by atoms with Gasteiger partial charge in [0.15, 0.2) is 0 Å². The van der Waals surface area contributed by atoms with Crippen molar-refractivity contribution >= 4 is 5.91 Å². The number of amides is 1. The number of unbranched alkanes of at least 4 members (excludes halogenated alkanes) is 1. The molecule has 0 N–H and O–H groups in total. The average molecular weight is 378 g/mol. The van der Waals surface area contributed by atoms with Gasteiger partial charge in [-0.2, -0.15) is 0 Å². The van der Waals surface area contributed by atoms with Crippen LogP contribution in [0.5, 0.6) is 0 Å². The summed E-state index contributed by atoms with van der Waals surface area (Å²) < 4.78 is 0. The first-order valence-electron chi connectivity index (χ1n) is 11.4. The van der Waals surface area contributed by atoms with Crippen molar-refractivity contribution in [1.29, 1.82) is 0 Å². The van der Waals surface area contributed by atoms with Gasteiger partial charge < -0.3 is 4.90 Å². The number of carbonyl (C=O) groups is 1. The highest BCUT2D eigenvalue weighted by Gasteiger charge is 2.37. The SMILES string of the molecule is C=C(CCCC)CC[C@@H](C(C)=C1CC1)N1Cc2c(cccc2C2CCC2)C1=O. The number of allylic oxidation sites excluding steroid dienone is 2. The quantitative estimate of drug-likeness (QED) is 0.428. The van der Waals surface area contributed by atoms with Crippen LogP contribution in [0.1, 0.15) is 105 Å². The van der Waals surface area contributed by atoms with Crippen molar-refractivity contribution in [2.24, 2.45) is 0 Å². The Kier molecular flexibility index (Phi) is 5.75. The van der Waals surface area contributed by atoms with Crippen LogP contribution >= 0.6 is 0 Å². The molecular weight excluding hydrogens is 342 g/mol. The maximum Gasteiger partial charge on any atom is 0.255 e. The summed E-state index contributed by atoms with van der Waals surface area (Å²) in [7, 11) is 0. The summed E-state index contributed by atoms with van der Waals surface area (Å²) in [6.07, 6.45) is 12.0. The largest absolute Gasteiger partial charge is 0.328 e. The zero-order valence-corrected chi connectivity index (χ0v) is 17.7. The second kappa shape index (κ2) is 8.27.